The summed E-state index contributed by atoms with van der Waals surface area (Å²) in [6.07, 6.45) is 2.38. The SMILES string of the molecule is CCOc1ccccc1C1(C(CO)C2CC2)CNCCO1.Cl. The van der Waals surface area contributed by atoms with Gasteiger partial charge in [-0.1, -0.05) is 18.2 Å². The van der Waals surface area contributed by atoms with E-state index in [1.807, 2.05) is 25.1 Å². The van der Waals surface area contributed by atoms with Crippen molar-refractivity contribution in [3.05, 3.63) is 29.8 Å². The molecular formula is C17H26ClNO3. The van der Waals surface area contributed by atoms with Crippen molar-refractivity contribution in [1.29, 1.82) is 0 Å². The second kappa shape index (κ2) is 7.64. The molecule has 0 spiro atoms. The van der Waals surface area contributed by atoms with Crippen molar-refractivity contribution in [2.45, 2.75) is 25.4 Å². The number of hydrogen-bond acceptors (Lipinski definition) is 4. The highest BCUT2D eigenvalue weighted by Crippen LogP contribution is 2.49. The summed E-state index contributed by atoms with van der Waals surface area (Å²) in [6, 6.07) is 8.10. The molecule has 0 amide bonds. The zero-order valence-electron chi connectivity index (χ0n) is 13.1. The van der Waals surface area contributed by atoms with E-state index in [-0.39, 0.29) is 24.9 Å². The first kappa shape index (κ1) is 17.5. The monoisotopic (exact) mass is 327 g/mol. The van der Waals surface area contributed by atoms with Gasteiger partial charge in [-0.2, -0.15) is 0 Å². The maximum absolute atomic E-state index is 9.99. The van der Waals surface area contributed by atoms with Crippen molar-refractivity contribution in [3.63, 3.8) is 0 Å². The van der Waals surface area contributed by atoms with Crippen LogP contribution in [0.25, 0.3) is 0 Å². The molecule has 2 fully saturated rings. The lowest BCUT2D eigenvalue weighted by molar-refractivity contribution is -0.129. The van der Waals surface area contributed by atoms with Gasteiger partial charge in [-0.25, -0.2) is 0 Å². The predicted octanol–water partition coefficient (Wildman–Crippen LogP) is 2.34. The third-order valence-electron chi connectivity index (χ3n) is 4.66. The number of morpholine rings is 1. The van der Waals surface area contributed by atoms with E-state index in [1.165, 1.54) is 12.8 Å². The average Bonchev–Trinajstić information content (AvgIpc) is 3.35. The van der Waals surface area contributed by atoms with Gasteiger partial charge in [0.2, 0.25) is 0 Å². The Kier molecular flexibility index (Phi) is 6.09. The standard InChI is InChI=1S/C17H25NO3.ClH/c1-2-20-16-6-4-3-5-14(16)17(12-18-9-10-21-17)15(11-19)13-7-8-13;/h3-6,13,15,18-19H,2,7-12H2,1H3;1H. The van der Waals surface area contributed by atoms with Crippen molar-refractivity contribution in [2.24, 2.45) is 11.8 Å². The summed E-state index contributed by atoms with van der Waals surface area (Å²) in [5.41, 5.74) is 0.602. The molecule has 2 aliphatic rings. The molecule has 2 unspecified atom stereocenters. The fraction of sp³-hybridized carbons (Fsp3) is 0.647. The highest BCUT2D eigenvalue weighted by Gasteiger charge is 2.50. The summed E-state index contributed by atoms with van der Waals surface area (Å²) in [5.74, 6) is 1.57. The topological polar surface area (TPSA) is 50.7 Å². The van der Waals surface area contributed by atoms with Crippen LogP contribution in [0.15, 0.2) is 24.3 Å². The van der Waals surface area contributed by atoms with Crippen molar-refractivity contribution < 1.29 is 14.6 Å². The normalized spacial score (nSPS) is 26.1. The summed E-state index contributed by atoms with van der Waals surface area (Å²) < 4.78 is 12.1. The maximum atomic E-state index is 9.99. The van der Waals surface area contributed by atoms with Crippen LogP contribution in [0.1, 0.15) is 25.3 Å². The van der Waals surface area contributed by atoms with Crippen LogP contribution >= 0.6 is 12.4 Å². The van der Waals surface area contributed by atoms with Gasteiger partial charge in [-0.15, -0.1) is 12.4 Å². The fourth-order valence-corrected chi connectivity index (χ4v) is 3.51. The fourth-order valence-electron chi connectivity index (χ4n) is 3.51. The lowest BCUT2D eigenvalue weighted by Gasteiger charge is -2.44. The number of aliphatic hydroxyl groups is 1. The molecule has 1 aliphatic heterocycles. The van der Waals surface area contributed by atoms with Crippen molar-refractivity contribution in [3.8, 4) is 5.75 Å². The minimum atomic E-state index is -0.472. The van der Waals surface area contributed by atoms with Crippen LogP contribution in [0.2, 0.25) is 0 Å². The van der Waals surface area contributed by atoms with Gasteiger partial charge in [-0.05, 0) is 31.7 Å². The Hall–Kier alpha value is -0.810. The zero-order chi connectivity index (χ0) is 14.7. The molecule has 1 aliphatic carbocycles. The largest absolute Gasteiger partial charge is 0.493 e. The van der Waals surface area contributed by atoms with E-state index >= 15 is 0 Å². The van der Waals surface area contributed by atoms with Crippen LogP contribution in [0, 0.1) is 11.8 Å². The van der Waals surface area contributed by atoms with E-state index in [2.05, 4.69) is 11.4 Å². The van der Waals surface area contributed by atoms with Gasteiger partial charge < -0.3 is 19.9 Å². The van der Waals surface area contributed by atoms with Crippen molar-refractivity contribution >= 4 is 12.4 Å². The molecular weight excluding hydrogens is 302 g/mol. The molecule has 1 aromatic carbocycles. The van der Waals surface area contributed by atoms with Crippen LogP contribution < -0.4 is 10.1 Å². The van der Waals surface area contributed by atoms with Gasteiger partial charge in [0.1, 0.15) is 11.4 Å². The Morgan fingerprint density at radius 3 is 2.77 bits per heavy atom. The summed E-state index contributed by atoms with van der Waals surface area (Å²) in [7, 11) is 0. The molecule has 22 heavy (non-hydrogen) atoms. The number of para-hydroxylation sites is 1. The third kappa shape index (κ3) is 3.25. The van der Waals surface area contributed by atoms with Crippen LogP contribution in [-0.2, 0) is 10.3 Å². The van der Waals surface area contributed by atoms with Gasteiger partial charge in [0.15, 0.2) is 0 Å². The van der Waals surface area contributed by atoms with Gasteiger partial charge in [0.05, 0.1) is 13.2 Å². The number of nitrogens with one attached hydrogen (secondary N) is 1. The summed E-state index contributed by atoms with van der Waals surface area (Å²) in [4.78, 5) is 0. The third-order valence-corrected chi connectivity index (χ3v) is 4.66. The van der Waals surface area contributed by atoms with E-state index in [9.17, 15) is 5.11 Å². The van der Waals surface area contributed by atoms with E-state index in [1.54, 1.807) is 0 Å². The molecule has 1 heterocycles. The van der Waals surface area contributed by atoms with Crippen molar-refractivity contribution in [2.75, 3.05) is 32.9 Å². The molecule has 5 heteroatoms. The molecule has 0 radical (unpaired) electrons. The molecule has 4 nitrogen and oxygen atoms in total. The number of ether oxygens (including phenoxy) is 2. The molecule has 1 saturated carbocycles. The quantitative estimate of drug-likeness (QED) is 0.842. The molecule has 1 saturated heterocycles. The Bertz CT molecular complexity index is 473. The smallest absolute Gasteiger partial charge is 0.125 e. The maximum Gasteiger partial charge on any atom is 0.125 e. The first-order valence-corrected chi connectivity index (χ1v) is 7.99. The van der Waals surface area contributed by atoms with Gasteiger partial charge in [0, 0.05) is 31.2 Å². The minimum absolute atomic E-state index is 0. The van der Waals surface area contributed by atoms with Crippen LogP contribution in [0.4, 0.5) is 0 Å². The van der Waals surface area contributed by atoms with E-state index < -0.39 is 5.60 Å². The molecule has 0 bridgehead atoms. The first-order valence-electron chi connectivity index (χ1n) is 7.99. The second-order valence-corrected chi connectivity index (χ2v) is 5.97. The Labute approximate surface area is 138 Å². The van der Waals surface area contributed by atoms with Crippen LogP contribution in [0.3, 0.4) is 0 Å². The molecule has 1 aromatic rings. The molecule has 2 atom stereocenters. The average molecular weight is 328 g/mol. The van der Waals surface area contributed by atoms with Crippen molar-refractivity contribution in [1.82, 2.24) is 5.32 Å². The Balaban J connectivity index is 0.00000176. The number of halogens is 1. The zero-order valence-corrected chi connectivity index (χ0v) is 13.9. The van der Waals surface area contributed by atoms with E-state index in [4.69, 9.17) is 9.47 Å². The van der Waals surface area contributed by atoms with Gasteiger partial charge >= 0.3 is 0 Å². The summed E-state index contributed by atoms with van der Waals surface area (Å²) in [6.45, 7) is 5.05. The van der Waals surface area contributed by atoms with E-state index in [0.717, 1.165) is 24.4 Å². The lowest BCUT2D eigenvalue weighted by Crippen LogP contribution is -2.53. The molecule has 2 N–H and O–H groups in total. The van der Waals surface area contributed by atoms with Gasteiger partial charge in [-0.3, -0.25) is 0 Å². The second-order valence-electron chi connectivity index (χ2n) is 5.97. The number of hydrogen-bond donors (Lipinski definition) is 2. The molecule has 3 rings (SSSR count). The number of aliphatic hydroxyl groups excluding tert-OH is 1. The summed E-state index contributed by atoms with van der Waals surface area (Å²) in [5, 5.41) is 13.4. The first-order chi connectivity index (χ1) is 10.3. The molecule has 0 aromatic heterocycles. The highest BCUT2D eigenvalue weighted by atomic mass is 35.5. The summed E-state index contributed by atoms with van der Waals surface area (Å²) >= 11 is 0. The van der Waals surface area contributed by atoms with Gasteiger partial charge in [0.25, 0.3) is 0 Å². The molecule has 124 valence electrons. The van der Waals surface area contributed by atoms with Crippen LogP contribution in [-0.4, -0.2) is 38.0 Å². The minimum Gasteiger partial charge on any atom is -0.493 e. The predicted molar refractivity (Wildman–Crippen MR) is 88.7 cm³/mol. The Morgan fingerprint density at radius 1 is 1.41 bits per heavy atom. The number of benzene rings is 1. The highest BCUT2D eigenvalue weighted by molar-refractivity contribution is 5.85. The van der Waals surface area contributed by atoms with E-state index in [0.29, 0.717) is 19.1 Å². The van der Waals surface area contributed by atoms with Crippen LogP contribution in [0.5, 0.6) is 5.75 Å². The lowest BCUT2D eigenvalue weighted by atomic mass is 9.77. The number of rotatable bonds is 6. The Morgan fingerprint density at radius 2 is 2.18 bits per heavy atom.